The van der Waals surface area contributed by atoms with E-state index in [1.807, 2.05) is 68.4 Å². The monoisotopic (exact) mass is 321 g/mol. The van der Waals surface area contributed by atoms with Crippen molar-refractivity contribution in [3.8, 4) is 0 Å². The van der Waals surface area contributed by atoms with Crippen molar-refractivity contribution in [1.82, 2.24) is 5.32 Å². The number of rotatable bonds is 5. The summed E-state index contributed by atoms with van der Waals surface area (Å²) < 4.78 is 0. The normalized spacial score (nSPS) is 22.7. The average molecular weight is 321 g/mol. The second-order valence-electron chi connectivity index (χ2n) is 6.94. The summed E-state index contributed by atoms with van der Waals surface area (Å²) >= 11 is 0. The van der Waals surface area contributed by atoms with Crippen LogP contribution < -0.4 is 5.32 Å². The van der Waals surface area contributed by atoms with E-state index in [4.69, 9.17) is 0 Å². The highest BCUT2D eigenvalue weighted by atomic mass is 16.2. The van der Waals surface area contributed by atoms with Gasteiger partial charge in [-0.3, -0.25) is 9.59 Å². The summed E-state index contributed by atoms with van der Waals surface area (Å²) in [6.07, 6.45) is 0. The fourth-order valence-electron chi connectivity index (χ4n) is 3.66. The van der Waals surface area contributed by atoms with E-state index >= 15 is 0 Å². The summed E-state index contributed by atoms with van der Waals surface area (Å²) in [7, 11) is 0. The lowest BCUT2D eigenvalue weighted by molar-refractivity contribution is -0.129. The fraction of sp³-hybridized carbons (Fsp3) is 0.333. The predicted octanol–water partition coefficient (Wildman–Crippen LogP) is 3.95. The van der Waals surface area contributed by atoms with Crippen LogP contribution in [0.5, 0.6) is 0 Å². The van der Waals surface area contributed by atoms with Gasteiger partial charge in [0.15, 0.2) is 11.6 Å². The van der Waals surface area contributed by atoms with Gasteiger partial charge in [0.2, 0.25) is 0 Å². The highest BCUT2D eigenvalue weighted by Crippen LogP contribution is 2.47. The topological polar surface area (TPSA) is 46.2 Å². The smallest absolute Gasteiger partial charge is 0.178 e. The van der Waals surface area contributed by atoms with Crippen molar-refractivity contribution >= 4 is 11.6 Å². The molecule has 1 N–H and O–H groups in total. The Morgan fingerprint density at radius 2 is 1.71 bits per heavy atom. The van der Waals surface area contributed by atoms with Crippen LogP contribution in [0, 0.1) is 11.3 Å². The van der Waals surface area contributed by atoms with Crippen LogP contribution in [-0.2, 0) is 11.3 Å². The molecule has 0 saturated heterocycles. The van der Waals surface area contributed by atoms with Crippen molar-refractivity contribution in [1.29, 1.82) is 0 Å². The fourth-order valence-corrected chi connectivity index (χ4v) is 3.66. The van der Waals surface area contributed by atoms with Crippen LogP contribution in [0.3, 0.4) is 0 Å². The maximum absolute atomic E-state index is 13.0. The zero-order chi connectivity index (χ0) is 17.3. The molecule has 2 atom stereocenters. The minimum Gasteiger partial charge on any atom is -0.305 e. The molecule has 1 aliphatic carbocycles. The minimum absolute atomic E-state index is 0.00531. The third kappa shape index (κ3) is 2.59. The first-order valence-electron chi connectivity index (χ1n) is 8.41. The zero-order valence-corrected chi connectivity index (χ0v) is 14.4. The maximum Gasteiger partial charge on any atom is 0.178 e. The van der Waals surface area contributed by atoms with Crippen molar-refractivity contribution < 1.29 is 9.59 Å². The number of carbonyl (C=O) groups is 2. The van der Waals surface area contributed by atoms with E-state index in [0.717, 1.165) is 11.1 Å². The summed E-state index contributed by atoms with van der Waals surface area (Å²) in [5, 5.41) is 3.47. The standard InChI is InChI=1S/C21H23NO2/c1-14(2)19(23)21(3)18(22-13-15-9-5-4-6-10-15)16-11-7-8-12-17(16)20(21)24/h4-12,14,18,22H,13H2,1-3H3/t18-,21+/m1/s1. The zero-order valence-electron chi connectivity index (χ0n) is 14.4. The number of fused-ring (bicyclic) bond motifs is 1. The number of hydrogen-bond acceptors (Lipinski definition) is 3. The summed E-state index contributed by atoms with van der Waals surface area (Å²) in [5.41, 5.74) is 1.68. The van der Waals surface area contributed by atoms with Gasteiger partial charge in [-0.1, -0.05) is 68.4 Å². The summed E-state index contributed by atoms with van der Waals surface area (Å²) in [5.74, 6) is -0.258. The first-order chi connectivity index (χ1) is 11.5. The van der Waals surface area contributed by atoms with E-state index in [-0.39, 0.29) is 23.5 Å². The highest BCUT2D eigenvalue weighted by molar-refractivity contribution is 6.18. The molecule has 3 rings (SSSR count). The van der Waals surface area contributed by atoms with E-state index in [2.05, 4.69) is 5.32 Å². The maximum atomic E-state index is 13.0. The molecule has 0 heterocycles. The molecular weight excluding hydrogens is 298 g/mol. The average Bonchev–Trinajstić information content (AvgIpc) is 2.82. The lowest BCUT2D eigenvalue weighted by Crippen LogP contribution is -2.44. The third-order valence-corrected chi connectivity index (χ3v) is 4.95. The number of carbonyl (C=O) groups excluding carboxylic acids is 2. The van der Waals surface area contributed by atoms with Gasteiger partial charge in [-0.05, 0) is 18.1 Å². The molecule has 0 radical (unpaired) electrons. The summed E-state index contributed by atoms with van der Waals surface area (Å²) in [6, 6.07) is 17.3. The summed E-state index contributed by atoms with van der Waals surface area (Å²) in [4.78, 5) is 25.9. The van der Waals surface area contributed by atoms with Crippen molar-refractivity contribution in [2.24, 2.45) is 11.3 Å². The Morgan fingerprint density at radius 1 is 1.08 bits per heavy atom. The molecular formula is C21H23NO2. The number of ketones is 2. The number of benzene rings is 2. The Balaban J connectivity index is 1.98. The second kappa shape index (κ2) is 6.33. The van der Waals surface area contributed by atoms with Crippen molar-refractivity contribution in [3.63, 3.8) is 0 Å². The van der Waals surface area contributed by atoms with Crippen molar-refractivity contribution in [2.75, 3.05) is 0 Å². The molecule has 2 aromatic carbocycles. The van der Waals surface area contributed by atoms with Gasteiger partial charge in [0.25, 0.3) is 0 Å². The molecule has 124 valence electrons. The third-order valence-electron chi connectivity index (χ3n) is 4.95. The van der Waals surface area contributed by atoms with Crippen molar-refractivity contribution in [2.45, 2.75) is 33.4 Å². The van der Waals surface area contributed by atoms with Crippen LogP contribution >= 0.6 is 0 Å². The number of Topliss-reactive ketones (excluding diaryl/α,β-unsaturated/α-hetero) is 2. The molecule has 3 heteroatoms. The van der Waals surface area contributed by atoms with Crippen LogP contribution in [-0.4, -0.2) is 11.6 Å². The first-order valence-corrected chi connectivity index (χ1v) is 8.41. The van der Waals surface area contributed by atoms with Crippen LogP contribution in [0.15, 0.2) is 54.6 Å². The molecule has 0 amide bonds. The highest BCUT2D eigenvalue weighted by Gasteiger charge is 2.54. The molecule has 0 saturated carbocycles. The molecule has 24 heavy (non-hydrogen) atoms. The Hall–Kier alpha value is -2.26. The Morgan fingerprint density at radius 3 is 2.38 bits per heavy atom. The van der Waals surface area contributed by atoms with Gasteiger partial charge in [-0.25, -0.2) is 0 Å². The van der Waals surface area contributed by atoms with Gasteiger partial charge in [0.1, 0.15) is 5.41 Å². The molecule has 1 aliphatic rings. The van der Waals surface area contributed by atoms with E-state index < -0.39 is 5.41 Å². The lowest BCUT2D eigenvalue weighted by Gasteiger charge is -2.31. The molecule has 0 aliphatic heterocycles. The minimum atomic E-state index is -1.05. The first kappa shape index (κ1) is 16.6. The Bertz CT molecular complexity index is 766. The quantitative estimate of drug-likeness (QED) is 0.848. The van der Waals surface area contributed by atoms with Crippen molar-refractivity contribution in [3.05, 3.63) is 71.3 Å². The van der Waals surface area contributed by atoms with Gasteiger partial charge < -0.3 is 5.32 Å². The molecule has 0 bridgehead atoms. The molecule has 0 aromatic heterocycles. The van der Waals surface area contributed by atoms with Gasteiger partial charge in [-0.15, -0.1) is 0 Å². The van der Waals surface area contributed by atoms with Crippen LogP contribution in [0.2, 0.25) is 0 Å². The van der Waals surface area contributed by atoms with Gasteiger partial charge in [-0.2, -0.15) is 0 Å². The molecule has 2 aromatic rings. The molecule has 0 unspecified atom stereocenters. The van der Waals surface area contributed by atoms with E-state index in [0.29, 0.717) is 12.1 Å². The van der Waals surface area contributed by atoms with Gasteiger partial charge in [0.05, 0.1) is 6.04 Å². The Kier molecular flexibility index (Phi) is 4.37. The lowest BCUT2D eigenvalue weighted by atomic mass is 9.74. The SMILES string of the molecule is CC(C)C(=O)[C@@]1(C)C(=O)c2ccccc2[C@H]1NCc1ccccc1. The largest absolute Gasteiger partial charge is 0.305 e. The summed E-state index contributed by atoms with van der Waals surface area (Å²) in [6.45, 7) is 6.13. The van der Waals surface area contributed by atoms with E-state index in [1.165, 1.54) is 0 Å². The second-order valence-corrected chi connectivity index (χ2v) is 6.94. The van der Waals surface area contributed by atoms with Crippen LogP contribution in [0.1, 0.15) is 48.3 Å². The molecule has 3 nitrogen and oxygen atoms in total. The van der Waals surface area contributed by atoms with Crippen LogP contribution in [0.25, 0.3) is 0 Å². The van der Waals surface area contributed by atoms with E-state index in [9.17, 15) is 9.59 Å². The van der Waals surface area contributed by atoms with Gasteiger partial charge in [0, 0.05) is 18.0 Å². The van der Waals surface area contributed by atoms with E-state index in [1.54, 1.807) is 6.92 Å². The number of nitrogens with one attached hydrogen (secondary N) is 1. The van der Waals surface area contributed by atoms with Crippen LogP contribution in [0.4, 0.5) is 0 Å². The Labute approximate surface area is 143 Å². The molecule has 0 fully saturated rings. The van der Waals surface area contributed by atoms with Gasteiger partial charge >= 0.3 is 0 Å². The molecule has 0 spiro atoms. The number of hydrogen-bond donors (Lipinski definition) is 1. The predicted molar refractivity (Wildman–Crippen MR) is 94.7 cm³/mol.